The van der Waals surface area contributed by atoms with Crippen molar-refractivity contribution >= 4 is 41.2 Å². The van der Waals surface area contributed by atoms with Crippen molar-refractivity contribution in [2.45, 2.75) is 18.7 Å². The van der Waals surface area contributed by atoms with Gasteiger partial charge in [0.1, 0.15) is 18.4 Å². The zero-order valence-corrected chi connectivity index (χ0v) is 16.3. The Morgan fingerprint density at radius 2 is 1.90 bits per heavy atom. The molecule has 3 rings (SSSR count). The Bertz CT molecular complexity index is 996. The van der Waals surface area contributed by atoms with Crippen LogP contribution in [0.2, 0.25) is 10.0 Å². The summed E-state index contributed by atoms with van der Waals surface area (Å²) in [5.41, 5.74) is 1.38. The van der Waals surface area contributed by atoms with Crippen LogP contribution in [0, 0.1) is 10.1 Å². The molecule has 150 valence electrons. The molecule has 1 fully saturated rings. The minimum absolute atomic E-state index is 0.239. The molecule has 0 aromatic heterocycles. The predicted octanol–water partition coefficient (Wildman–Crippen LogP) is 3.44. The summed E-state index contributed by atoms with van der Waals surface area (Å²) in [5.74, 6) is -0.508. The van der Waals surface area contributed by atoms with Crippen molar-refractivity contribution in [3.05, 3.63) is 79.8 Å². The summed E-state index contributed by atoms with van der Waals surface area (Å²) in [6.45, 7) is 0.239. The number of carbonyl (C=O) groups excluding carboxylic acids is 2. The first-order chi connectivity index (χ1) is 13.8. The largest absolute Gasteiger partial charge is 0.488 e. The van der Waals surface area contributed by atoms with E-state index in [0.29, 0.717) is 21.4 Å². The summed E-state index contributed by atoms with van der Waals surface area (Å²) in [4.78, 5) is 33.7. The third-order valence-electron chi connectivity index (χ3n) is 4.11. The number of benzene rings is 2. The third kappa shape index (κ3) is 5.24. The molecule has 2 atom stereocenters. The first-order valence-electron chi connectivity index (χ1n) is 8.43. The summed E-state index contributed by atoms with van der Waals surface area (Å²) in [5, 5.41) is 16.5. The minimum Gasteiger partial charge on any atom is -0.488 e. The van der Waals surface area contributed by atoms with Gasteiger partial charge in [-0.3, -0.25) is 20.2 Å². The maximum Gasteiger partial charge on any atom is 0.322 e. The molecule has 8 nitrogen and oxygen atoms in total. The lowest BCUT2D eigenvalue weighted by molar-refractivity contribution is -0.510. The number of imide groups is 1. The second-order valence-corrected chi connectivity index (χ2v) is 7.05. The number of hydrogen-bond acceptors (Lipinski definition) is 5. The number of amides is 3. The standard InChI is InChI=1S/C19H15Cl2N3O5/c20-13-3-1-2-11(8-13)10-29-16-7-5-14(21)9-12(16)4-6-15-17(24(27)28)18(25)23-19(26)22-15/h1-9,15,17H,10H2,(H2,22,23,25,26)/b6-4-. The average Bonchev–Trinajstić information content (AvgIpc) is 2.64. The van der Waals surface area contributed by atoms with Gasteiger partial charge < -0.3 is 10.1 Å². The summed E-state index contributed by atoms with van der Waals surface area (Å²) in [6.07, 6.45) is 2.88. The van der Waals surface area contributed by atoms with E-state index in [0.717, 1.165) is 5.56 Å². The van der Waals surface area contributed by atoms with Crippen molar-refractivity contribution in [1.29, 1.82) is 0 Å². The molecule has 0 spiro atoms. The molecule has 2 N–H and O–H groups in total. The number of nitro groups is 1. The Balaban J connectivity index is 1.82. The van der Waals surface area contributed by atoms with E-state index in [2.05, 4.69) is 5.32 Å². The number of nitrogens with one attached hydrogen (secondary N) is 2. The molecular formula is C19H15Cl2N3O5. The van der Waals surface area contributed by atoms with Crippen LogP contribution < -0.4 is 15.4 Å². The van der Waals surface area contributed by atoms with Crippen LogP contribution >= 0.6 is 23.2 Å². The van der Waals surface area contributed by atoms with Gasteiger partial charge in [-0.15, -0.1) is 0 Å². The molecule has 10 heteroatoms. The van der Waals surface area contributed by atoms with Crippen molar-refractivity contribution in [1.82, 2.24) is 10.6 Å². The zero-order chi connectivity index (χ0) is 21.0. The lowest BCUT2D eigenvalue weighted by Gasteiger charge is -2.23. The summed E-state index contributed by atoms with van der Waals surface area (Å²) < 4.78 is 5.82. The third-order valence-corrected chi connectivity index (χ3v) is 4.58. The Labute approximate surface area is 175 Å². The zero-order valence-electron chi connectivity index (χ0n) is 14.8. The molecule has 0 aliphatic carbocycles. The van der Waals surface area contributed by atoms with Gasteiger partial charge in [0.15, 0.2) is 0 Å². The number of rotatable bonds is 6. The Morgan fingerprint density at radius 3 is 2.62 bits per heavy atom. The highest BCUT2D eigenvalue weighted by molar-refractivity contribution is 6.31. The molecular weight excluding hydrogens is 421 g/mol. The van der Waals surface area contributed by atoms with E-state index >= 15 is 0 Å². The highest BCUT2D eigenvalue weighted by Gasteiger charge is 2.43. The number of hydrogen-bond donors (Lipinski definition) is 2. The molecule has 1 saturated heterocycles. The van der Waals surface area contributed by atoms with Gasteiger partial charge in [0.2, 0.25) is 0 Å². The van der Waals surface area contributed by atoms with Crippen molar-refractivity contribution in [2.24, 2.45) is 0 Å². The SMILES string of the molecule is O=C1NC(=O)C([N+](=O)[O-])C(/C=C\c2cc(Cl)ccc2OCc2cccc(Cl)c2)N1. The van der Waals surface area contributed by atoms with Crippen LogP contribution in [0.4, 0.5) is 4.79 Å². The van der Waals surface area contributed by atoms with Gasteiger partial charge in [-0.25, -0.2) is 4.79 Å². The van der Waals surface area contributed by atoms with Crippen LogP contribution in [0.5, 0.6) is 5.75 Å². The van der Waals surface area contributed by atoms with Gasteiger partial charge in [-0.2, -0.15) is 0 Å². The molecule has 0 saturated carbocycles. The predicted molar refractivity (Wildman–Crippen MR) is 108 cm³/mol. The van der Waals surface area contributed by atoms with Gasteiger partial charge in [-0.05, 0) is 35.9 Å². The van der Waals surface area contributed by atoms with Crippen molar-refractivity contribution in [3.8, 4) is 5.75 Å². The van der Waals surface area contributed by atoms with Gasteiger partial charge >= 0.3 is 18.0 Å². The maximum absolute atomic E-state index is 11.8. The van der Waals surface area contributed by atoms with Crippen LogP contribution in [-0.4, -0.2) is 28.9 Å². The van der Waals surface area contributed by atoms with E-state index in [9.17, 15) is 19.7 Å². The Morgan fingerprint density at radius 1 is 1.14 bits per heavy atom. The molecule has 0 bridgehead atoms. The van der Waals surface area contributed by atoms with Crippen molar-refractivity contribution in [2.75, 3.05) is 0 Å². The van der Waals surface area contributed by atoms with Crippen LogP contribution in [0.1, 0.15) is 11.1 Å². The fourth-order valence-electron chi connectivity index (χ4n) is 2.77. The minimum atomic E-state index is -1.64. The van der Waals surface area contributed by atoms with Crippen molar-refractivity contribution in [3.63, 3.8) is 0 Å². The van der Waals surface area contributed by atoms with Crippen LogP contribution in [0.15, 0.2) is 48.5 Å². The lowest BCUT2D eigenvalue weighted by Crippen LogP contribution is -2.62. The van der Waals surface area contributed by atoms with Gasteiger partial charge in [0.25, 0.3) is 0 Å². The second kappa shape index (κ2) is 8.93. The topological polar surface area (TPSA) is 111 Å². The molecule has 2 aromatic carbocycles. The van der Waals surface area contributed by atoms with Crippen LogP contribution in [0.3, 0.4) is 0 Å². The Kier molecular flexibility index (Phi) is 6.36. The quantitative estimate of drug-likeness (QED) is 0.533. The number of ether oxygens (including phenoxy) is 1. The molecule has 1 aliphatic rings. The molecule has 2 unspecified atom stereocenters. The van der Waals surface area contributed by atoms with Gasteiger partial charge in [-0.1, -0.05) is 47.5 Å². The number of halogens is 2. The van der Waals surface area contributed by atoms with E-state index in [1.165, 1.54) is 12.2 Å². The highest BCUT2D eigenvalue weighted by atomic mass is 35.5. The second-order valence-electron chi connectivity index (χ2n) is 6.18. The molecule has 3 amide bonds. The average molecular weight is 436 g/mol. The molecule has 1 aliphatic heterocycles. The molecule has 1 heterocycles. The normalized spacial score (nSPS) is 19.0. The lowest BCUT2D eigenvalue weighted by atomic mass is 10.0. The molecule has 29 heavy (non-hydrogen) atoms. The Hall–Kier alpha value is -3.10. The van der Waals surface area contributed by atoms with E-state index in [-0.39, 0.29) is 6.61 Å². The fourth-order valence-corrected chi connectivity index (χ4v) is 3.17. The summed E-state index contributed by atoms with van der Waals surface area (Å²) in [7, 11) is 0. The van der Waals surface area contributed by atoms with Gasteiger partial charge in [0, 0.05) is 20.5 Å². The van der Waals surface area contributed by atoms with E-state index in [1.54, 1.807) is 36.4 Å². The maximum atomic E-state index is 11.8. The first kappa shape index (κ1) is 20.6. The number of nitrogens with zero attached hydrogens (tertiary/aromatic N) is 1. The van der Waals surface area contributed by atoms with E-state index in [4.69, 9.17) is 27.9 Å². The highest BCUT2D eigenvalue weighted by Crippen LogP contribution is 2.26. The van der Waals surface area contributed by atoms with Crippen LogP contribution in [-0.2, 0) is 11.4 Å². The number of urea groups is 1. The molecule has 0 radical (unpaired) electrons. The monoisotopic (exact) mass is 435 g/mol. The number of carbonyl (C=O) groups is 2. The van der Waals surface area contributed by atoms with E-state index < -0.39 is 28.9 Å². The van der Waals surface area contributed by atoms with Crippen molar-refractivity contribution < 1.29 is 19.2 Å². The fraction of sp³-hybridized carbons (Fsp3) is 0.158. The summed E-state index contributed by atoms with van der Waals surface area (Å²) >= 11 is 12.0. The van der Waals surface area contributed by atoms with E-state index in [1.807, 2.05) is 11.4 Å². The van der Waals surface area contributed by atoms with Gasteiger partial charge in [0.05, 0.1) is 0 Å². The first-order valence-corrected chi connectivity index (χ1v) is 9.19. The molecule has 2 aromatic rings. The van der Waals surface area contributed by atoms with Crippen LogP contribution in [0.25, 0.3) is 6.08 Å². The summed E-state index contributed by atoms with van der Waals surface area (Å²) in [6, 6.07) is 8.53. The smallest absolute Gasteiger partial charge is 0.322 e.